The standard InChI is InChI=1S/C24H32N2O2/c1-5-12-25-24(28)20(4)26(13-11-21-9-7-6-8-10-21)23(27)17-22-15-18(2)14-19(3)16-22/h6-10,14-16,20H,5,11-13,17H2,1-4H3,(H,25,28). The molecule has 0 saturated carbocycles. The van der Waals surface area contributed by atoms with E-state index in [1.807, 2.05) is 70.2 Å². The van der Waals surface area contributed by atoms with E-state index in [0.717, 1.165) is 35.1 Å². The van der Waals surface area contributed by atoms with Crippen molar-refractivity contribution in [3.05, 3.63) is 70.8 Å². The number of aryl methyl sites for hydroxylation is 2. The van der Waals surface area contributed by atoms with Gasteiger partial charge < -0.3 is 10.2 Å². The minimum Gasteiger partial charge on any atom is -0.354 e. The predicted molar refractivity (Wildman–Crippen MR) is 114 cm³/mol. The van der Waals surface area contributed by atoms with Crippen molar-refractivity contribution in [3.8, 4) is 0 Å². The highest BCUT2D eigenvalue weighted by Crippen LogP contribution is 2.13. The Morgan fingerprint density at radius 3 is 2.25 bits per heavy atom. The fraction of sp³-hybridized carbons (Fsp3) is 0.417. The number of nitrogens with zero attached hydrogens (tertiary/aromatic N) is 1. The van der Waals surface area contributed by atoms with Crippen LogP contribution in [0.4, 0.5) is 0 Å². The molecule has 0 saturated heterocycles. The molecule has 0 spiro atoms. The largest absolute Gasteiger partial charge is 0.354 e. The van der Waals surface area contributed by atoms with Gasteiger partial charge in [0, 0.05) is 13.1 Å². The van der Waals surface area contributed by atoms with Crippen LogP contribution in [-0.4, -0.2) is 35.8 Å². The highest BCUT2D eigenvalue weighted by molar-refractivity contribution is 5.88. The maximum atomic E-state index is 13.1. The zero-order valence-electron chi connectivity index (χ0n) is 17.5. The molecule has 0 heterocycles. The van der Waals surface area contributed by atoms with E-state index in [-0.39, 0.29) is 11.8 Å². The number of benzene rings is 2. The Bertz CT molecular complexity index is 766. The lowest BCUT2D eigenvalue weighted by Gasteiger charge is -2.29. The van der Waals surface area contributed by atoms with Crippen molar-refractivity contribution < 1.29 is 9.59 Å². The molecule has 2 aromatic rings. The molecule has 0 bridgehead atoms. The van der Waals surface area contributed by atoms with E-state index in [9.17, 15) is 9.59 Å². The summed E-state index contributed by atoms with van der Waals surface area (Å²) >= 11 is 0. The van der Waals surface area contributed by atoms with E-state index in [2.05, 4.69) is 11.4 Å². The molecule has 0 aliphatic heterocycles. The fourth-order valence-corrected chi connectivity index (χ4v) is 3.41. The quantitative estimate of drug-likeness (QED) is 0.719. The molecule has 2 rings (SSSR count). The maximum Gasteiger partial charge on any atom is 0.242 e. The van der Waals surface area contributed by atoms with Crippen molar-refractivity contribution in [2.45, 2.75) is 53.0 Å². The van der Waals surface area contributed by atoms with Gasteiger partial charge in [0.1, 0.15) is 6.04 Å². The highest BCUT2D eigenvalue weighted by Gasteiger charge is 2.25. The number of carbonyl (C=O) groups excluding carboxylic acids is 2. The fourth-order valence-electron chi connectivity index (χ4n) is 3.41. The Hall–Kier alpha value is -2.62. The van der Waals surface area contributed by atoms with E-state index >= 15 is 0 Å². The zero-order chi connectivity index (χ0) is 20.5. The summed E-state index contributed by atoms with van der Waals surface area (Å²) in [6.07, 6.45) is 1.91. The van der Waals surface area contributed by atoms with Crippen molar-refractivity contribution >= 4 is 11.8 Å². The Morgan fingerprint density at radius 1 is 1.00 bits per heavy atom. The van der Waals surface area contributed by atoms with Crippen LogP contribution in [0.15, 0.2) is 48.5 Å². The average Bonchev–Trinajstić information content (AvgIpc) is 2.66. The Labute approximate surface area is 169 Å². The van der Waals surface area contributed by atoms with Gasteiger partial charge in [-0.15, -0.1) is 0 Å². The van der Waals surface area contributed by atoms with Crippen LogP contribution < -0.4 is 5.32 Å². The smallest absolute Gasteiger partial charge is 0.242 e. The van der Waals surface area contributed by atoms with Crippen molar-refractivity contribution in [3.63, 3.8) is 0 Å². The van der Waals surface area contributed by atoms with Crippen LogP contribution in [0.3, 0.4) is 0 Å². The molecule has 4 heteroatoms. The number of rotatable bonds is 9. The molecule has 2 amide bonds. The van der Waals surface area contributed by atoms with Crippen molar-refractivity contribution in [2.24, 2.45) is 0 Å². The molecule has 0 aliphatic rings. The summed E-state index contributed by atoms with van der Waals surface area (Å²) in [7, 11) is 0. The monoisotopic (exact) mass is 380 g/mol. The first kappa shape index (κ1) is 21.7. The number of nitrogens with one attached hydrogen (secondary N) is 1. The number of carbonyl (C=O) groups is 2. The van der Waals surface area contributed by atoms with Gasteiger partial charge >= 0.3 is 0 Å². The third-order valence-electron chi connectivity index (χ3n) is 4.84. The van der Waals surface area contributed by atoms with Gasteiger partial charge in [-0.1, -0.05) is 66.6 Å². The first-order valence-corrected chi connectivity index (χ1v) is 10.1. The van der Waals surface area contributed by atoms with Gasteiger partial charge in [0.15, 0.2) is 0 Å². The van der Waals surface area contributed by atoms with Crippen LogP contribution >= 0.6 is 0 Å². The first-order chi connectivity index (χ1) is 13.4. The SMILES string of the molecule is CCCNC(=O)C(C)N(CCc1ccccc1)C(=O)Cc1cc(C)cc(C)c1. The van der Waals surface area contributed by atoms with Crippen LogP contribution in [0.2, 0.25) is 0 Å². The van der Waals surface area contributed by atoms with Gasteiger partial charge in [-0.05, 0) is 44.7 Å². The summed E-state index contributed by atoms with van der Waals surface area (Å²) in [6, 6.07) is 15.8. The van der Waals surface area contributed by atoms with Gasteiger partial charge in [0.05, 0.1) is 6.42 Å². The normalized spacial score (nSPS) is 11.7. The van der Waals surface area contributed by atoms with Crippen molar-refractivity contribution in [1.29, 1.82) is 0 Å². The molecule has 0 radical (unpaired) electrons. The topological polar surface area (TPSA) is 49.4 Å². The van der Waals surface area contributed by atoms with Gasteiger partial charge in [-0.25, -0.2) is 0 Å². The average molecular weight is 381 g/mol. The molecule has 4 nitrogen and oxygen atoms in total. The zero-order valence-corrected chi connectivity index (χ0v) is 17.5. The number of amides is 2. The third-order valence-corrected chi connectivity index (χ3v) is 4.84. The lowest BCUT2D eigenvalue weighted by molar-refractivity contribution is -0.139. The number of hydrogen-bond donors (Lipinski definition) is 1. The van der Waals surface area contributed by atoms with Crippen LogP contribution in [0.25, 0.3) is 0 Å². The van der Waals surface area contributed by atoms with Crippen LogP contribution in [0.1, 0.15) is 42.5 Å². The van der Waals surface area contributed by atoms with E-state index in [4.69, 9.17) is 0 Å². The van der Waals surface area contributed by atoms with E-state index < -0.39 is 6.04 Å². The molecule has 1 N–H and O–H groups in total. The molecule has 150 valence electrons. The minimum atomic E-state index is -0.492. The highest BCUT2D eigenvalue weighted by atomic mass is 16.2. The minimum absolute atomic E-state index is 0.0138. The van der Waals surface area contributed by atoms with Crippen molar-refractivity contribution in [1.82, 2.24) is 10.2 Å². The molecule has 0 fully saturated rings. The molecule has 0 aromatic heterocycles. The second-order valence-corrected chi connectivity index (χ2v) is 7.46. The Balaban J connectivity index is 2.15. The summed E-state index contributed by atoms with van der Waals surface area (Å²) in [5.74, 6) is -0.108. The molecule has 1 atom stereocenters. The molecular formula is C24H32N2O2. The van der Waals surface area contributed by atoms with E-state index in [1.54, 1.807) is 4.90 Å². The third kappa shape index (κ3) is 6.52. The summed E-state index contributed by atoms with van der Waals surface area (Å²) in [4.78, 5) is 27.4. The Kier molecular flexibility index (Phi) is 8.24. The Morgan fingerprint density at radius 2 is 1.64 bits per heavy atom. The lowest BCUT2D eigenvalue weighted by Crippen LogP contribution is -2.49. The second-order valence-electron chi connectivity index (χ2n) is 7.46. The molecule has 2 aromatic carbocycles. The summed E-state index contributed by atoms with van der Waals surface area (Å²) < 4.78 is 0. The van der Waals surface area contributed by atoms with Gasteiger partial charge in [0.2, 0.25) is 11.8 Å². The number of hydrogen-bond acceptors (Lipinski definition) is 2. The van der Waals surface area contributed by atoms with Crippen LogP contribution in [0.5, 0.6) is 0 Å². The maximum absolute atomic E-state index is 13.1. The van der Waals surface area contributed by atoms with Crippen molar-refractivity contribution in [2.75, 3.05) is 13.1 Å². The molecule has 1 unspecified atom stereocenters. The lowest BCUT2D eigenvalue weighted by atomic mass is 10.0. The summed E-state index contributed by atoms with van der Waals surface area (Å²) in [5, 5.41) is 2.91. The summed E-state index contributed by atoms with van der Waals surface area (Å²) in [6.45, 7) is 9.05. The van der Waals surface area contributed by atoms with E-state index in [1.165, 1.54) is 0 Å². The van der Waals surface area contributed by atoms with Gasteiger partial charge in [-0.2, -0.15) is 0 Å². The second kappa shape index (κ2) is 10.6. The van der Waals surface area contributed by atoms with Gasteiger partial charge in [-0.3, -0.25) is 9.59 Å². The van der Waals surface area contributed by atoms with Crippen LogP contribution in [0, 0.1) is 13.8 Å². The molecule has 28 heavy (non-hydrogen) atoms. The molecular weight excluding hydrogens is 348 g/mol. The van der Waals surface area contributed by atoms with Gasteiger partial charge in [0.25, 0.3) is 0 Å². The van der Waals surface area contributed by atoms with Crippen LogP contribution in [-0.2, 0) is 22.4 Å². The predicted octanol–water partition coefficient (Wildman–Crippen LogP) is 3.83. The first-order valence-electron chi connectivity index (χ1n) is 10.1. The molecule has 0 aliphatic carbocycles. The van der Waals surface area contributed by atoms with E-state index in [0.29, 0.717) is 19.5 Å². The summed E-state index contributed by atoms with van der Waals surface area (Å²) in [5.41, 5.74) is 4.45.